The van der Waals surface area contributed by atoms with E-state index in [0.717, 1.165) is 82.1 Å². The second-order valence-electron chi connectivity index (χ2n) is 10.3. The van der Waals surface area contributed by atoms with Crippen molar-refractivity contribution in [2.45, 2.75) is 38.1 Å². The summed E-state index contributed by atoms with van der Waals surface area (Å²) < 4.78 is 7.90. The fourth-order valence-corrected chi connectivity index (χ4v) is 5.75. The van der Waals surface area contributed by atoms with Crippen molar-refractivity contribution in [3.05, 3.63) is 101 Å². The zero-order chi connectivity index (χ0) is 26.3. The topological polar surface area (TPSA) is 93.2 Å². The molecule has 3 aromatic heterocycles. The molecule has 1 atom stereocenters. The number of fused-ring (bicyclic) bond motifs is 5. The van der Waals surface area contributed by atoms with Crippen LogP contribution in [0.4, 0.5) is 5.82 Å². The molecule has 4 heterocycles. The molecule has 194 valence electrons. The van der Waals surface area contributed by atoms with E-state index in [9.17, 15) is 9.90 Å². The van der Waals surface area contributed by atoms with Crippen molar-refractivity contribution in [1.29, 1.82) is 0 Å². The molecule has 0 aliphatic carbocycles. The van der Waals surface area contributed by atoms with E-state index < -0.39 is 12.0 Å². The van der Waals surface area contributed by atoms with Crippen LogP contribution < -0.4 is 5.32 Å². The molecule has 0 spiro atoms. The average Bonchev–Trinajstić information content (AvgIpc) is 3.55. The van der Waals surface area contributed by atoms with Crippen molar-refractivity contribution in [2.75, 3.05) is 11.9 Å². The van der Waals surface area contributed by atoms with Crippen LogP contribution in [0.25, 0.3) is 32.8 Å². The number of para-hydroxylation sites is 1. The van der Waals surface area contributed by atoms with E-state index in [4.69, 9.17) is 9.40 Å². The van der Waals surface area contributed by atoms with Gasteiger partial charge >= 0.3 is 5.97 Å². The first-order valence-corrected chi connectivity index (χ1v) is 13.4. The van der Waals surface area contributed by atoms with Gasteiger partial charge in [0, 0.05) is 28.4 Å². The van der Waals surface area contributed by atoms with E-state index in [1.54, 1.807) is 0 Å². The number of aliphatic carboxylic acids is 1. The Morgan fingerprint density at radius 1 is 1.00 bits per heavy atom. The van der Waals surface area contributed by atoms with Gasteiger partial charge in [0.15, 0.2) is 0 Å². The Morgan fingerprint density at radius 3 is 2.82 bits per heavy atom. The van der Waals surface area contributed by atoms with Crippen molar-refractivity contribution in [2.24, 2.45) is 0 Å². The molecule has 6 aromatic rings. The fraction of sp³-hybridized carbons (Fsp3) is 0.219. The smallest absolute Gasteiger partial charge is 0.305 e. The maximum atomic E-state index is 11.9. The molecule has 0 fully saturated rings. The molecule has 2 N–H and O–H groups in total. The Hall–Kier alpha value is -4.65. The lowest BCUT2D eigenvalue weighted by molar-refractivity contribution is -0.137. The number of carboxylic acid groups (broad SMARTS) is 1. The molecule has 0 bridgehead atoms. The lowest BCUT2D eigenvalue weighted by Gasteiger charge is -2.18. The Labute approximate surface area is 225 Å². The summed E-state index contributed by atoms with van der Waals surface area (Å²) in [5, 5.41) is 20.9. The van der Waals surface area contributed by atoms with E-state index in [1.165, 1.54) is 11.1 Å². The third-order valence-electron chi connectivity index (χ3n) is 7.73. The van der Waals surface area contributed by atoms with Gasteiger partial charge in [0.1, 0.15) is 17.0 Å². The Balaban J connectivity index is 1.18. The van der Waals surface area contributed by atoms with Crippen molar-refractivity contribution in [1.82, 2.24) is 14.8 Å². The minimum atomic E-state index is -0.878. The molecule has 39 heavy (non-hydrogen) atoms. The highest BCUT2D eigenvalue weighted by Crippen LogP contribution is 2.33. The number of nitrogens with one attached hydrogen (secondary N) is 1. The van der Waals surface area contributed by atoms with E-state index in [1.807, 2.05) is 59.4 Å². The van der Waals surface area contributed by atoms with E-state index in [-0.39, 0.29) is 6.42 Å². The standard InChI is InChI=1S/C32H28N4O3/c37-31(38)18-28(22-10-13-26-25-5-1-2-6-29(25)39-30(26)17-22)36-27-14-8-20(16-23(27)19-34-36)7-11-24-12-9-21-4-3-15-33-32(21)35-24/h1-2,5-6,8-10,12-14,16-17,19,28H,3-4,7,11,15,18H2,(H,33,35)(H,37,38). The van der Waals surface area contributed by atoms with E-state index in [2.05, 4.69) is 34.7 Å². The molecule has 7 nitrogen and oxygen atoms in total. The van der Waals surface area contributed by atoms with Gasteiger partial charge in [0.25, 0.3) is 0 Å². The summed E-state index contributed by atoms with van der Waals surface area (Å²) in [6.07, 6.45) is 5.72. The van der Waals surface area contributed by atoms with Gasteiger partial charge in [-0.3, -0.25) is 9.48 Å². The highest BCUT2D eigenvalue weighted by Gasteiger charge is 2.22. The number of rotatable bonds is 7. The molecule has 0 radical (unpaired) electrons. The van der Waals surface area contributed by atoms with Gasteiger partial charge in [-0.1, -0.05) is 42.5 Å². The van der Waals surface area contributed by atoms with Crippen LogP contribution >= 0.6 is 0 Å². The van der Waals surface area contributed by atoms with E-state index in [0.29, 0.717) is 0 Å². The summed E-state index contributed by atoms with van der Waals surface area (Å²) >= 11 is 0. The van der Waals surface area contributed by atoms with Gasteiger partial charge in [-0.15, -0.1) is 0 Å². The van der Waals surface area contributed by atoms with Crippen molar-refractivity contribution >= 4 is 44.6 Å². The summed E-state index contributed by atoms with van der Waals surface area (Å²) in [5.74, 6) is 0.151. The molecular formula is C32H28N4O3. The van der Waals surface area contributed by atoms with Crippen LogP contribution in [0.1, 0.15) is 41.3 Å². The number of carboxylic acids is 1. The molecule has 7 heteroatoms. The lowest BCUT2D eigenvalue weighted by Crippen LogP contribution is -2.16. The van der Waals surface area contributed by atoms with Gasteiger partial charge in [-0.2, -0.15) is 5.10 Å². The number of carbonyl (C=O) groups is 1. The summed E-state index contributed by atoms with van der Waals surface area (Å²) in [4.78, 5) is 16.7. The average molecular weight is 517 g/mol. The van der Waals surface area contributed by atoms with Gasteiger partial charge in [0.05, 0.1) is 24.2 Å². The summed E-state index contributed by atoms with van der Waals surface area (Å²) in [6.45, 7) is 0.985. The van der Waals surface area contributed by atoms with Crippen molar-refractivity contribution in [3.8, 4) is 0 Å². The first-order valence-electron chi connectivity index (χ1n) is 13.4. The summed E-state index contributed by atoms with van der Waals surface area (Å²) in [7, 11) is 0. The number of furan rings is 1. The van der Waals surface area contributed by atoms with Crippen molar-refractivity contribution < 1.29 is 14.3 Å². The predicted octanol–water partition coefficient (Wildman–Crippen LogP) is 6.54. The maximum absolute atomic E-state index is 11.9. The van der Waals surface area contributed by atoms with Crippen LogP contribution in [0.3, 0.4) is 0 Å². The number of hydrogen-bond acceptors (Lipinski definition) is 5. The third kappa shape index (κ3) is 4.40. The second-order valence-corrected chi connectivity index (χ2v) is 10.3. The quantitative estimate of drug-likeness (QED) is 0.250. The number of pyridine rings is 1. The molecule has 0 saturated carbocycles. The second kappa shape index (κ2) is 9.58. The first kappa shape index (κ1) is 23.5. The normalized spacial score (nSPS) is 13.9. The van der Waals surface area contributed by atoms with Crippen LogP contribution in [0.5, 0.6) is 0 Å². The van der Waals surface area contributed by atoms with Gasteiger partial charge in [0.2, 0.25) is 0 Å². The minimum absolute atomic E-state index is 0.0811. The summed E-state index contributed by atoms with van der Waals surface area (Å²) in [5.41, 5.74) is 6.91. The molecule has 0 saturated heterocycles. The predicted molar refractivity (Wildman–Crippen MR) is 152 cm³/mol. The molecule has 1 aliphatic heterocycles. The van der Waals surface area contributed by atoms with Crippen LogP contribution in [0, 0.1) is 0 Å². The Kier molecular flexibility index (Phi) is 5.77. The molecule has 1 unspecified atom stereocenters. The number of hydrogen-bond donors (Lipinski definition) is 2. The Morgan fingerprint density at radius 2 is 1.90 bits per heavy atom. The van der Waals surface area contributed by atoms with E-state index >= 15 is 0 Å². The number of aromatic nitrogens is 3. The Bertz CT molecular complexity index is 1850. The zero-order valence-corrected chi connectivity index (χ0v) is 21.4. The largest absolute Gasteiger partial charge is 0.481 e. The monoisotopic (exact) mass is 516 g/mol. The maximum Gasteiger partial charge on any atom is 0.305 e. The molecule has 7 rings (SSSR count). The molecule has 1 aliphatic rings. The highest BCUT2D eigenvalue weighted by atomic mass is 16.4. The molecule has 0 amide bonds. The first-order chi connectivity index (χ1) is 19.1. The van der Waals surface area contributed by atoms with Crippen molar-refractivity contribution in [3.63, 3.8) is 0 Å². The van der Waals surface area contributed by atoms with Gasteiger partial charge < -0.3 is 14.8 Å². The molecular weight excluding hydrogens is 488 g/mol. The molecule has 3 aromatic carbocycles. The number of nitrogens with zero attached hydrogens (tertiary/aromatic N) is 3. The third-order valence-corrected chi connectivity index (χ3v) is 7.73. The SMILES string of the molecule is O=C(O)CC(c1ccc2c(c1)oc1ccccc12)n1ncc2cc(CCc3ccc4c(n3)NCCC4)ccc21. The zero-order valence-electron chi connectivity index (χ0n) is 21.4. The number of aryl methyl sites for hydroxylation is 3. The lowest BCUT2D eigenvalue weighted by atomic mass is 10.0. The number of anilines is 1. The van der Waals surface area contributed by atoms with Gasteiger partial charge in [-0.05, 0) is 72.7 Å². The summed E-state index contributed by atoms with van der Waals surface area (Å²) in [6, 6.07) is 24.0. The highest BCUT2D eigenvalue weighted by molar-refractivity contribution is 6.05. The van der Waals surface area contributed by atoms with Crippen LogP contribution in [0.15, 0.2) is 83.4 Å². The van der Waals surface area contributed by atoms with Gasteiger partial charge in [-0.25, -0.2) is 4.98 Å². The van der Waals surface area contributed by atoms with Crippen LogP contribution in [-0.2, 0) is 24.1 Å². The fourth-order valence-electron chi connectivity index (χ4n) is 5.75. The number of benzene rings is 3. The minimum Gasteiger partial charge on any atom is -0.481 e. The van der Waals surface area contributed by atoms with Crippen LogP contribution in [0.2, 0.25) is 0 Å². The van der Waals surface area contributed by atoms with Crippen LogP contribution in [-0.4, -0.2) is 32.4 Å².